The third kappa shape index (κ3) is 4.05. The fourth-order valence-corrected chi connectivity index (χ4v) is 6.19. The number of nitrogens with one attached hydrogen (secondary N) is 1. The molecule has 2 heterocycles. The fourth-order valence-electron chi connectivity index (χ4n) is 4.68. The Balaban J connectivity index is 1.74. The van der Waals surface area contributed by atoms with E-state index in [9.17, 15) is 18.9 Å². The highest BCUT2D eigenvalue weighted by Crippen LogP contribution is 2.66. The van der Waals surface area contributed by atoms with Crippen LogP contribution in [0.2, 0.25) is 0 Å². The van der Waals surface area contributed by atoms with Gasteiger partial charge in [0.15, 0.2) is 20.8 Å². The number of hydrogen-bond donors (Lipinski definition) is 5. The van der Waals surface area contributed by atoms with E-state index in [0.29, 0.717) is 33.7 Å². The predicted molar refractivity (Wildman–Crippen MR) is 111 cm³/mol. The predicted octanol–water partition coefficient (Wildman–Crippen LogP) is 1.40. The van der Waals surface area contributed by atoms with Crippen molar-refractivity contribution in [1.82, 2.24) is 19.5 Å². The normalized spacial score (nSPS) is 29.1. The lowest BCUT2D eigenvalue weighted by Crippen LogP contribution is -2.48. The number of phosphoric acid groups is 2. The van der Waals surface area contributed by atoms with Crippen molar-refractivity contribution in [2.45, 2.75) is 31.4 Å². The minimum atomic E-state index is -4.84. The zero-order chi connectivity index (χ0) is 21.9. The molecule has 0 bridgehead atoms. The van der Waals surface area contributed by atoms with Gasteiger partial charge in [-0.15, -0.1) is 0 Å². The summed E-state index contributed by atoms with van der Waals surface area (Å²) in [7, 11) is -7.89. The summed E-state index contributed by atoms with van der Waals surface area (Å²) < 4.78 is 35.0. The van der Waals surface area contributed by atoms with Crippen LogP contribution >= 0.6 is 38.2 Å². The van der Waals surface area contributed by atoms with Gasteiger partial charge in [0.2, 0.25) is 0 Å². The zero-order valence-corrected chi connectivity index (χ0v) is 19.6. The molecule has 1 unspecified atom stereocenters. The smallest absolute Gasteiger partial charge is 0.371 e. The van der Waals surface area contributed by atoms with Crippen molar-refractivity contribution in [3.05, 3.63) is 10.2 Å². The van der Waals surface area contributed by atoms with E-state index in [1.54, 1.807) is 13.4 Å². The van der Waals surface area contributed by atoms with Gasteiger partial charge in [-0.25, -0.2) is 24.1 Å². The van der Waals surface area contributed by atoms with Crippen LogP contribution in [0.15, 0.2) is 6.33 Å². The molecular formula is C14H20IN5O8P2. The highest BCUT2D eigenvalue weighted by atomic mass is 127. The van der Waals surface area contributed by atoms with Crippen molar-refractivity contribution in [3.8, 4) is 0 Å². The molecule has 13 nitrogen and oxygen atoms in total. The summed E-state index contributed by atoms with van der Waals surface area (Å²) in [5, 5.41) is 2.97. The lowest BCUT2D eigenvalue weighted by atomic mass is 9.60. The molecule has 2 saturated carbocycles. The number of rotatable bonds is 7. The molecule has 2 fully saturated rings. The molecule has 0 aromatic carbocycles. The largest absolute Gasteiger partial charge is 0.469 e. The van der Waals surface area contributed by atoms with Gasteiger partial charge >= 0.3 is 15.6 Å². The Morgan fingerprint density at radius 3 is 2.60 bits per heavy atom. The van der Waals surface area contributed by atoms with Crippen molar-refractivity contribution in [2.24, 2.45) is 11.3 Å². The van der Waals surface area contributed by atoms with Crippen LogP contribution in [0.5, 0.6) is 0 Å². The van der Waals surface area contributed by atoms with E-state index in [-0.39, 0.29) is 25.0 Å². The van der Waals surface area contributed by atoms with Gasteiger partial charge in [0.1, 0.15) is 0 Å². The van der Waals surface area contributed by atoms with E-state index < -0.39 is 27.2 Å². The average molecular weight is 575 g/mol. The van der Waals surface area contributed by atoms with Crippen LogP contribution in [0.3, 0.4) is 0 Å². The molecule has 30 heavy (non-hydrogen) atoms. The molecule has 4 atom stereocenters. The molecule has 4 rings (SSSR count). The summed E-state index contributed by atoms with van der Waals surface area (Å²) >= 11 is 1.99. The van der Waals surface area contributed by atoms with Crippen LogP contribution in [0.4, 0.5) is 5.82 Å². The van der Waals surface area contributed by atoms with Crippen LogP contribution in [0.1, 0.15) is 25.3 Å². The summed E-state index contributed by atoms with van der Waals surface area (Å²) in [5.41, 5.74) is 0.168. The standard InChI is InChI=1S/C14H20IN5O8P2/c1-16-11-10-12(19-13(15)18-11)20(6-17-10)8-4-9(28-30(24,25)26)14(3-2-7(8)14)5-27-29(21,22)23/h6-9H,2-5H2,1H3,(H,16,18,19)(H2,21,22,23)(H2,24,25,26)/t7-,8?,9+,14+/m1/s1. The van der Waals surface area contributed by atoms with E-state index in [4.69, 9.17) is 18.8 Å². The second-order valence-electron chi connectivity index (χ2n) is 7.45. The number of aromatic nitrogens is 4. The van der Waals surface area contributed by atoms with Gasteiger partial charge in [-0.1, -0.05) is 0 Å². The highest BCUT2D eigenvalue weighted by Gasteiger charge is 2.63. The van der Waals surface area contributed by atoms with Gasteiger partial charge < -0.3 is 29.5 Å². The first-order chi connectivity index (χ1) is 13.9. The Morgan fingerprint density at radius 2 is 2.03 bits per heavy atom. The summed E-state index contributed by atoms with van der Waals surface area (Å²) in [6.45, 7) is -0.371. The number of fused-ring (bicyclic) bond motifs is 2. The maximum atomic E-state index is 11.6. The van der Waals surface area contributed by atoms with Crippen molar-refractivity contribution in [1.29, 1.82) is 0 Å². The monoisotopic (exact) mass is 575 g/mol. The quantitative estimate of drug-likeness (QED) is 0.182. The Morgan fingerprint density at radius 1 is 1.30 bits per heavy atom. The number of halogens is 1. The van der Waals surface area contributed by atoms with Gasteiger partial charge in [-0.3, -0.25) is 9.05 Å². The third-order valence-electron chi connectivity index (χ3n) is 5.97. The summed E-state index contributed by atoms with van der Waals surface area (Å²) in [4.78, 5) is 50.2. The van der Waals surface area contributed by atoms with Gasteiger partial charge in [-0.05, 0) is 25.2 Å². The zero-order valence-electron chi connectivity index (χ0n) is 15.6. The maximum absolute atomic E-state index is 11.6. The number of nitrogens with zero attached hydrogens (tertiary/aromatic N) is 4. The summed E-state index contributed by atoms with van der Waals surface area (Å²) in [5.74, 6) is 0.359. The van der Waals surface area contributed by atoms with E-state index in [2.05, 4.69) is 20.3 Å². The lowest BCUT2D eigenvalue weighted by Gasteiger charge is -2.48. The second-order valence-corrected chi connectivity index (χ2v) is 10.8. The van der Waals surface area contributed by atoms with E-state index >= 15 is 0 Å². The number of phosphoric ester groups is 2. The molecule has 2 aromatic heterocycles. The van der Waals surface area contributed by atoms with Gasteiger partial charge in [-0.2, -0.15) is 0 Å². The fraction of sp³-hybridized carbons (Fsp3) is 0.643. The van der Waals surface area contributed by atoms with Gasteiger partial charge in [0.05, 0.1) is 19.0 Å². The van der Waals surface area contributed by atoms with Crippen LogP contribution in [0, 0.1) is 15.2 Å². The molecule has 2 aromatic rings. The molecule has 0 aliphatic heterocycles. The lowest BCUT2D eigenvalue weighted by molar-refractivity contribution is -0.0787. The molecular weight excluding hydrogens is 555 g/mol. The van der Waals surface area contributed by atoms with Crippen LogP contribution in [-0.2, 0) is 18.2 Å². The van der Waals surface area contributed by atoms with E-state index in [1.807, 2.05) is 27.2 Å². The average Bonchev–Trinajstić information content (AvgIpc) is 3.08. The Hall–Kier alpha value is -0.700. The van der Waals surface area contributed by atoms with E-state index in [0.717, 1.165) is 0 Å². The number of anilines is 1. The Kier molecular flexibility index (Phi) is 5.78. The highest BCUT2D eigenvalue weighted by molar-refractivity contribution is 14.1. The van der Waals surface area contributed by atoms with Crippen molar-refractivity contribution in [3.63, 3.8) is 0 Å². The molecule has 2 aliphatic carbocycles. The number of hydrogen-bond acceptors (Lipinski definition) is 8. The van der Waals surface area contributed by atoms with Crippen LogP contribution < -0.4 is 5.32 Å². The molecule has 0 amide bonds. The molecule has 0 spiro atoms. The van der Waals surface area contributed by atoms with E-state index in [1.165, 1.54) is 0 Å². The Labute approximate surface area is 184 Å². The Bertz CT molecular complexity index is 1070. The first-order valence-corrected chi connectivity index (χ1v) is 13.1. The van der Waals surface area contributed by atoms with Crippen molar-refractivity contribution in [2.75, 3.05) is 19.0 Å². The number of imidazole rings is 1. The molecule has 16 heteroatoms. The molecule has 166 valence electrons. The van der Waals surface area contributed by atoms with Crippen LogP contribution in [0.25, 0.3) is 11.2 Å². The molecule has 2 aliphatic rings. The minimum absolute atomic E-state index is 0.191. The molecule has 5 N–H and O–H groups in total. The summed E-state index contributed by atoms with van der Waals surface area (Å²) in [6, 6.07) is -0.295. The molecule has 0 radical (unpaired) electrons. The van der Waals surface area contributed by atoms with Crippen molar-refractivity contribution < 1.29 is 37.8 Å². The van der Waals surface area contributed by atoms with Gasteiger partial charge in [0.25, 0.3) is 0 Å². The van der Waals surface area contributed by atoms with Crippen LogP contribution in [-0.4, -0.2) is 58.9 Å². The second kappa shape index (κ2) is 7.71. The summed E-state index contributed by atoms with van der Waals surface area (Å²) in [6.07, 6.45) is 1.99. The molecule has 0 saturated heterocycles. The minimum Gasteiger partial charge on any atom is -0.371 e. The maximum Gasteiger partial charge on any atom is 0.469 e. The van der Waals surface area contributed by atoms with Gasteiger partial charge in [0, 0.05) is 41.1 Å². The first-order valence-electron chi connectivity index (χ1n) is 8.95. The van der Waals surface area contributed by atoms with Crippen molar-refractivity contribution >= 4 is 55.2 Å². The topological polar surface area (TPSA) is 189 Å². The third-order valence-corrected chi connectivity index (χ3v) is 7.45. The SMILES string of the molecule is CNc1nc(I)nc2c1ncn2C1C[C@H](OP(=O)(O)O)[C@]2(COP(=O)(O)O)CC[C@H]12. The first kappa shape index (κ1) is 22.5.